The quantitative estimate of drug-likeness (QED) is 0.468. The number of carbonyl (C=O) groups is 2. The number of nitrogens with one attached hydrogen (secondary N) is 2. The highest BCUT2D eigenvalue weighted by molar-refractivity contribution is 9.10. The Labute approximate surface area is 217 Å². The number of fused-ring (bicyclic) bond motifs is 3. The molecule has 6 rings (SSSR count). The van der Waals surface area contributed by atoms with Crippen molar-refractivity contribution in [1.82, 2.24) is 20.4 Å². The molecule has 3 heterocycles. The van der Waals surface area contributed by atoms with E-state index in [1.54, 1.807) is 0 Å². The van der Waals surface area contributed by atoms with E-state index >= 15 is 0 Å². The molecule has 0 radical (unpaired) electrons. The fourth-order valence-corrected chi connectivity index (χ4v) is 6.92. The highest BCUT2D eigenvalue weighted by atomic mass is 79.9. The highest BCUT2D eigenvalue weighted by Gasteiger charge is 2.29. The second kappa shape index (κ2) is 9.47. The van der Waals surface area contributed by atoms with E-state index in [4.69, 9.17) is 0 Å². The number of aromatic nitrogens is 2. The number of aryl methyl sites for hydroxylation is 1. The first kappa shape index (κ1) is 22.9. The summed E-state index contributed by atoms with van der Waals surface area (Å²) < 4.78 is 1.02. The number of hydrogen-bond acceptors (Lipinski definition) is 4. The van der Waals surface area contributed by atoms with E-state index in [0.717, 1.165) is 65.6 Å². The number of aromatic amines is 1. The van der Waals surface area contributed by atoms with E-state index in [0.29, 0.717) is 24.3 Å². The van der Waals surface area contributed by atoms with E-state index in [2.05, 4.69) is 43.6 Å². The van der Waals surface area contributed by atoms with Crippen LogP contribution >= 0.6 is 27.7 Å². The molecule has 2 N–H and O–H groups in total. The first-order chi connectivity index (χ1) is 17.1. The van der Waals surface area contributed by atoms with Gasteiger partial charge in [0.15, 0.2) is 5.69 Å². The van der Waals surface area contributed by atoms with Crippen LogP contribution < -0.4 is 5.32 Å². The zero-order chi connectivity index (χ0) is 23.9. The van der Waals surface area contributed by atoms with Crippen LogP contribution in [0.4, 0.5) is 0 Å². The van der Waals surface area contributed by atoms with Crippen LogP contribution in [0.2, 0.25) is 0 Å². The molecule has 0 fully saturated rings. The van der Waals surface area contributed by atoms with Crippen molar-refractivity contribution in [2.45, 2.75) is 56.0 Å². The Morgan fingerprint density at radius 1 is 1.09 bits per heavy atom. The van der Waals surface area contributed by atoms with Crippen molar-refractivity contribution in [2.24, 2.45) is 0 Å². The average molecular weight is 552 g/mol. The predicted molar refractivity (Wildman–Crippen MR) is 140 cm³/mol. The minimum absolute atomic E-state index is 0.00352. The average Bonchev–Trinajstić information content (AvgIpc) is 3.32. The molecule has 180 valence electrons. The largest absolute Gasteiger partial charge is 0.345 e. The van der Waals surface area contributed by atoms with Crippen molar-refractivity contribution in [3.8, 4) is 0 Å². The third kappa shape index (κ3) is 4.42. The monoisotopic (exact) mass is 550 g/mol. The van der Waals surface area contributed by atoms with Gasteiger partial charge in [0, 0.05) is 45.0 Å². The summed E-state index contributed by atoms with van der Waals surface area (Å²) in [4.78, 5) is 29.7. The van der Waals surface area contributed by atoms with Gasteiger partial charge in [-0.1, -0.05) is 22.0 Å². The van der Waals surface area contributed by atoms with E-state index in [9.17, 15) is 9.59 Å². The number of H-pyrrole nitrogens is 1. The maximum absolute atomic E-state index is 13.3. The molecule has 2 aliphatic heterocycles. The van der Waals surface area contributed by atoms with Crippen molar-refractivity contribution in [3.63, 3.8) is 0 Å². The number of amides is 2. The lowest BCUT2D eigenvalue weighted by Gasteiger charge is -2.29. The Balaban J connectivity index is 1.19. The minimum atomic E-state index is -0.0690. The first-order valence-electron chi connectivity index (χ1n) is 12.3. The molecule has 6 nitrogen and oxygen atoms in total. The van der Waals surface area contributed by atoms with Crippen LogP contribution in [0.1, 0.15) is 74.1 Å². The van der Waals surface area contributed by atoms with Crippen molar-refractivity contribution >= 4 is 39.5 Å². The van der Waals surface area contributed by atoms with Crippen LogP contribution in [0.5, 0.6) is 0 Å². The Morgan fingerprint density at radius 2 is 1.97 bits per heavy atom. The number of carbonyl (C=O) groups excluding carboxylic acids is 2. The normalized spacial score (nSPS) is 18.9. The van der Waals surface area contributed by atoms with Crippen LogP contribution in [-0.4, -0.2) is 39.2 Å². The summed E-state index contributed by atoms with van der Waals surface area (Å²) in [6.45, 7) is 1.18. The summed E-state index contributed by atoms with van der Waals surface area (Å²) >= 11 is 5.40. The molecule has 2 amide bonds. The molecule has 3 aliphatic rings. The molecule has 1 aliphatic carbocycles. The Morgan fingerprint density at radius 3 is 2.89 bits per heavy atom. The van der Waals surface area contributed by atoms with Crippen molar-refractivity contribution < 1.29 is 9.59 Å². The molecule has 8 heteroatoms. The maximum atomic E-state index is 13.3. The second-order valence-electron chi connectivity index (χ2n) is 9.54. The van der Waals surface area contributed by atoms with E-state index in [1.807, 2.05) is 40.9 Å². The smallest absolute Gasteiger partial charge is 0.274 e. The zero-order valence-electron chi connectivity index (χ0n) is 19.4. The molecular weight excluding hydrogens is 524 g/mol. The number of rotatable bonds is 3. The third-order valence-corrected chi connectivity index (χ3v) is 8.96. The summed E-state index contributed by atoms with van der Waals surface area (Å²) in [5, 5.41) is 10.7. The van der Waals surface area contributed by atoms with E-state index < -0.39 is 0 Å². The molecule has 1 unspecified atom stereocenters. The molecule has 0 bridgehead atoms. The van der Waals surface area contributed by atoms with E-state index in [1.165, 1.54) is 16.0 Å². The van der Waals surface area contributed by atoms with Gasteiger partial charge in [-0.3, -0.25) is 14.7 Å². The second-order valence-corrected chi connectivity index (χ2v) is 11.6. The molecule has 35 heavy (non-hydrogen) atoms. The minimum Gasteiger partial charge on any atom is -0.345 e. The maximum Gasteiger partial charge on any atom is 0.274 e. The van der Waals surface area contributed by atoms with Crippen LogP contribution in [-0.2, 0) is 25.8 Å². The molecule has 3 aromatic rings. The fraction of sp³-hybridized carbons (Fsp3) is 0.370. The van der Waals surface area contributed by atoms with Gasteiger partial charge in [-0.2, -0.15) is 5.10 Å². The van der Waals surface area contributed by atoms with Crippen LogP contribution in [0.25, 0.3) is 0 Å². The predicted octanol–water partition coefficient (Wildman–Crippen LogP) is 5.22. The van der Waals surface area contributed by atoms with Gasteiger partial charge in [-0.05, 0) is 85.5 Å². The summed E-state index contributed by atoms with van der Waals surface area (Å²) in [6, 6.07) is 12.2. The first-order valence-corrected chi connectivity index (χ1v) is 14.0. The van der Waals surface area contributed by atoms with Gasteiger partial charge in [0.1, 0.15) is 0 Å². The lowest BCUT2D eigenvalue weighted by atomic mass is 9.94. The van der Waals surface area contributed by atoms with Gasteiger partial charge in [0.25, 0.3) is 11.8 Å². The summed E-state index contributed by atoms with van der Waals surface area (Å²) in [6.07, 6.45) is 5.83. The topological polar surface area (TPSA) is 78.1 Å². The Hall–Kier alpha value is -2.58. The Kier molecular flexibility index (Phi) is 6.18. The molecule has 0 spiro atoms. The molecule has 0 saturated carbocycles. The highest BCUT2D eigenvalue weighted by Crippen LogP contribution is 2.38. The molecular formula is C27H27BrN4O2S. The number of halogens is 1. The lowest BCUT2D eigenvalue weighted by molar-refractivity contribution is 0.0727. The van der Waals surface area contributed by atoms with Gasteiger partial charge in [0.2, 0.25) is 0 Å². The third-order valence-electron chi connectivity index (χ3n) is 7.34. The SMILES string of the molecule is O=C(NC1CCSc2ccc(Br)cc21)c1ccc2c(c1)CN(C(=O)c1n[nH]c3c1CCCC3)CC2. The molecule has 0 saturated heterocycles. The van der Waals surface area contributed by atoms with Crippen LogP contribution in [0.15, 0.2) is 45.8 Å². The van der Waals surface area contributed by atoms with Crippen molar-refractivity contribution in [3.05, 3.63) is 80.1 Å². The van der Waals surface area contributed by atoms with Gasteiger partial charge in [-0.15, -0.1) is 11.8 Å². The van der Waals surface area contributed by atoms with E-state index in [-0.39, 0.29) is 17.9 Å². The summed E-state index contributed by atoms with van der Waals surface area (Å²) in [5.41, 5.74) is 6.86. The number of thioether (sulfide) groups is 1. The standard InChI is InChI=1S/C27H27BrN4O2S/c28-19-7-8-24-21(14-19)22(10-12-35-24)29-26(33)17-6-5-16-9-11-32(15-18(16)13-17)27(34)25-20-3-1-2-4-23(20)30-31-25/h5-8,13-14,22H,1-4,9-12,15H2,(H,29,33)(H,30,31). The van der Waals surface area contributed by atoms with Crippen molar-refractivity contribution in [2.75, 3.05) is 12.3 Å². The van der Waals surface area contributed by atoms with Crippen molar-refractivity contribution in [1.29, 1.82) is 0 Å². The fourth-order valence-electron chi connectivity index (χ4n) is 5.44. The zero-order valence-corrected chi connectivity index (χ0v) is 21.8. The number of hydrogen-bond donors (Lipinski definition) is 2. The molecule has 2 aromatic carbocycles. The van der Waals surface area contributed by atoms with Crippen LogP contribution in [0, 0.1) is 0 Å². The summed E-state index contributed by atoms with van der Waals surface area (Å²) in [7, 11) is 0. The van der Waals surface area contributed by atoms with Gasteiger partial charge < -0.3 is 10.2 Å². The molecule has 1 aromatic heterocycles. The summed E-state index contributed by atoms with van der Waals surface area (Å²) in [5.74, 6) is 0.907. The lowest BCUT2D eigenvalue weighted by Crippen LogP contribution is -2.37. The van der Waals surface area contributed by atoms with Gasteiger partial charge in [-0.25, -0.2) is 0 Å². The number of nitrogens with zero attached hydrogens (tertiary/aromatic N) is 2. The molecule has 1 atom stereocenters. The van der Waals surface area contributed by atoms with Crippen LogP contribution in [0.3, 0.4) is 0 Å². The Bertz CT molecular complexity index is 1320. The van der Waals surface area contributed by atoms with Gasteiger partial charge >= 0.3 is 0 Å². The van der Waals surface area contributed by atoms with Gasteiger partial charge in [0.05, 0.1) is 6.04 Å². The number of benzene rings is 2.